The number of nitrogens with zero attached hydrogens (tertiary/aromatic N) is 3. The van der Waals surface area contributed by atoms with E-state index in [2.05, 4.69) is 46.4 Å². The van der Waals surface area contributed by atoms with E-state index in [1.807, 2.05) is 107 Å². The number of methoxy groups -OCH3 is 1. The summed E-state index contributed by atoms with van der Waals surface area (Å²) in [6, 6.07) is 41.9. The molecule has 0 bridgehead atoms. The predicted molar refractivity (Wildman–Crippen MR) is 190 cm³/mol. The Balaban J connectivity index is 1.50. The molecule has 1 N–H and O–H groups in total. The third kappa shape index (κ3) is 5.72. The van der Waals surface area contributed by atoms with Crippen LogP contribution in [0.3, 0.4) is 0 Å². The van der Waals surface area contributed by atoms with Crippen molar-refractivity contribution in [1.29, 1.82) is 0 Å². The first-order valence-electron chi connectivity index (χ1n) is 16.2. The van der Waals surface area contributed by atoms with Gasteiger partial charge < -0.3 is 9.30 Å². The Kier molecular flexibility index (Phi) is 8.87. The van der Waals surface area contributed by atoms with E-state index >= 15 is 0 Å². The Labute approximate surface area is 281 Å². The second-order valence-electron chi connectivity index (χ2n) is 12.7. The summed E-state index contributed by atoms with van der Waals surface area (Å²) >= 11 is 0. The number of fused-ring (bicyclic) bond motifs is 1. The zero-order valence-corrected chi connectivity index (χ0v) is 28.0. The maximum absolute atomic E-state index is 14.4. The fraction of sp³-hybridized carbons (Fsp3) is 0.195. The van der Waals surface area contributed by atoms with Crippen LogP contribution in [0.15, 0.2) is 134 Å². The number of ether oxygens (including phenoxy) is 1. The fourth-order valence-corrected chi connectivity index (χ4v) is 6.51. The average Bonchev–Trinajstić information content (AvgIpc) is 3.54. The van der Waals surface area contributed by atoms with E-state index in [1.165, 1.54) is 5.01 Å². The van der Waals surface area contributed by atoms with Gasteiger partial charge in [0.1, 0.15) is 11.3 Å². The molecule has 7 heteroatoms. The van der Waals surface area contributed by atoms with Gasteiger partial charge >= 0.3 is 0 Å². The van der Waals surface area contributed by atoms with E-state index in [9.17, 15) is 9.59 Å². The fourth-order valence-electron chi connectivity index (χ4n) is 6.51. The predicted octanol–water partition coefficient (Wildman–Crippen LogP) is 8.03. The lowest BCUT2D eigenvalue weighted by Crippen LogP contribution is -2.56. The number of carbonyl (C=O) groups excluding carboxylic acids is 2. The Morgan fingerprint density at radius 3 is 1.83 bits per heavy atom. The van der Waals surface area contributed by atoms with Crippen LogP contribution in [0, 0.1) is 0 Å². The first-order valence-corrected chi connectivity index (χ1v) is 16.2. The molecule has 7 nitrogen and oxygen atoms in total. The number of hydrogen-bond donors (Lipinski definition) is 1. The van der Waals surface area contributed by atoms with Gasteiger partial charge in [-0.25, -0.2) is 9.99 Å². The number of hydrazine groups is 1. The maximum Gasteiger partial charge on any atom is 0.272 e. The first-order chi connectivity index (χ1) is 23.2. The average molecular weight is 637 g/mol. The van der Waals surface area contributed by atoms with Crippen molar-refractivity contribution in [2.75, 3.05) is 7.11 Å². The van der Waals surface area contributed by atoms with Crippen LogP contribution >= 0.6 is 0 Å². The van der Waals surface area contributed by atoms with E-state index in [4.69, 9.17) is 9.72 Å². The van der Waals surface area contributed by atoms with Crippen LogP contribution in [0.2, 0.25) is 0 Å². The van der Waals surface area contributed by atoms with Crippen LogP contribution in [0.1, 0.15) is 70.7 Å². The highest BCUT2D eigenvalue weighted by atomic mass is 16.5. The first kappa shape index (κ1) is 32.3. The van der Waals surface area contributed by atoms with Crippen molar-refractivity contribution in [3.05, 3.63) is 167 Å². The van der Waals surface area contributed by atoms with E-state index in [0.29, 0.717) is 23.3 Å². The quantitative estimate of drug-likeness (QED) is 0.136. The molecule has 0 unspecified atom stereocenters. The summed E-state index contributed by atoms with van der Waals surface area (Å²) in [5.41, 5.74) is 7.71. The molecule has 0 fully saturated rings. The second-order valence-corrected chi connectivity index (χ2v) is 12.7. The van der Waals surface area contributed by atoms with E-state index in [0.717, 1.165) is 33.3 Å². The zero-order valence-electron chi connectivity index (χ0n) is 28.0. The molecule has 5 aromatic carbocycles. The van der Waals surface area contributed by atoms with Crippen molar-refractivity contribution in [1.82, 2.24) is 20.0 Å². The van der Waals surface area contributed by atoms with Crippen LogP contribution in [0.25, 0.3) is 11.0 Å². The molecule has 0 aliphatic rings. The number of aromatic nitrogens is 2. The van der Waals surface area contributed by atoms with Gasteiger partial charge in [-0.2, -0.15) is 0 Å². The molecule has 0 aliphatic carbocycles. The molecule has 1 aromatic heterocycles. The monoisotopic (exact) mass is 636 g/mol. The molecule has 6 rings (SSSR count). The Bertz CT molecular complexity index is 1950. The van der Waals surface area contributed by atoms with Crippen molar-refractivity contribution in [2.45, 2.75) is 45.2 Å². The minimum atomic E-state index is -0.805. The molecule has 6 aromatic rings. The van der Waals surface area contributed by atoms with Crippen molar-refractivity contribution in [3.63, 3.8) is 0 Å². The number of benzene rings is 5. The minimum absolute atomic E-state index is 0.337. The molecule has 2 amide bonds. The number of imidazole rings is 1. The van der Waals surface area contributed by atoms with Gasteiger partial charge in [-0.15, -0.1) is 0 Å². The van der Waals surface area contributed by atoms with Gasteiger partial charge in [-0.3, -0.25) is 15.0 Å². The Hall–Kier alpha value is -5.69. The Morgan fingerprint density at radius 1 is 0.771 bits per heavy atom. The third-order valence-electron chi connectivity index (χ3n) is 8.77. The Morgan fingerprint density at radius 2 is 1.33 bits per heavy atom. The van der Waals surface area contributed by atoms with E-state index in [1.54, 1.807) is 25.3 Å². The van der Waals surface area contributed by atoms with Crippen LogP contribution in [0.4, 0.5) is 0 Å². The summed E-state index contributed by atoms with van der Waals surface area (Å²) < 4.78 is 7.67. The summed E-state index contributed by atoms with van der Waals surface area (Å²) in [7, 11) is 1.59. The van der Waals surface area contributed by atoms with Crippen LogP contribution in [-0.4, -0.2) is 39.0 Å². The van der Waals surface area contributed by atoms with Gasteiger partial charge in [-0.1, -0.05) is 104 Å². The lowest BCUT2D eigenvalue weighted by molar-refractivity contribution is 0.0358. The van der Waals surface area contributed by atoms with Crippen LogP contribution < -0.4 is 10.2 Å². The van der Waals surface area contributed by atoms with Crippen LogP contribution in [0.5, 0.6) is 5.75 Å². The highest BCUT2D eigenvalue weighted by molar-refractivity contribution is 6.02. The topological polar surface area (TPSA) is 76.5 Å². The molecule has 48 heavy (non-hydrogen) atoms. The number of amides is 2. The van der Waals surface area contributed by atoms with Gasteiger partial charge in [0.15, 0.2) is 0 Å². The molecule has 242 valence electrons. The summed E-state index contributed by atoms with van der Waals surface area (Å²) in [4.78, 5) is 33.0. The van der Waals surface area contributed by atoms with Gasteiger partial charge in [0.05, 0.1) is 30.0 Å². The van der Waals surface area contributed by atoms with Crippen molar-refractivity contribution in [3.8, 4) is 5.75 Å². The van der Waals surface area contributed by atoms with Crippen molar-refractivity contribution >= 4 is 22.8 Å². The largest absolute Gasteiger partial charge is 0.496 e. The van der Waals surface area contributed by atoms with Gasteiger partial charge in [0.2, 0.25) is 0 Å². The maximum atomic E-state index is 14.4. The van der Waals surface area contributed by atoms with E-state index in [-0.39, 0.29) is 11.8 Å². The van der Waals surface area contributed by atoms with Crippen molar-refractivity contribution in [2.24, 2.45) is 0 Å². The highest BCUT2D eigenvalue weighted by Gasteiger charge is 2.39. The third-order valence-corrected chi connectivity index (χ3v) is 8.77. The van der Waals surface area contributed by atoms with Crippen LogP contribution in [-0.2, 0) is 12.0 Å². The van der Waals surface area contributed by atoms with Crippen molar-refractivity contribution < 1.29 is 14.3 Å². The summed E-state index contributed by atoms with van der Waals surface area (Å²) in [6.07, 6.45) is 2.45. The number of carbonyl (C=O) groups is 2. The molecular formula is C41H40N4O3. The standard InChI is InChI=1S/C41H40N4O3/c1-6-33-34(23-16-24-37(33)48-5)38(46)43-45(40(2,3)4)39(47)29-25-26-35-36(27-29)44(28-42-35)41(30-17-10-7-11-18-30,31-19-12-8-13-20-31)32-21-14-9-15-22-32/h7-28H,6H2,1-5H3,(H,43,46). The number of nitrogens with one attached hydrogen (secondary N) is 1. The molecular weight excluding hydrogens is 596 g/mol. The SMILES string of the molecule is CCc1c(OC)cccc1C(=O)NN(C(=O)c1ccc2ncn(C(c3ccccc3)(c3ccccc3)c3ccccc3)c2c1)C(C)(C)C. The minimum Gasteiger partial charge on any atom is -0.496 e. The molecule has 0 saturated heterocycles. The smallest absolute Gasteiger partial charge is 0.272 e. The lowest BCUT2D eigenvalue weighted by Gasteiger charge is -2.38. The van der Waals surface area contributed by atoms with Gasteiger partial charge in [0.25, 0.3) is 11.8 Å². The number of rotatable bonds is 8. The highest BCUT2D eigenvalue weighted by Crippen LogP contribution is 2.42. The second kappa shape index (κ2) is 13.2. The summed E-state index contributed by atoms with van der Waals surface area (Å²) in [5.74, 6) is -0.0798. The zero-order chi connectivity index (χ0) is 33.9. The number of hydrogen-bond acceptors (Lipinski definition) is 4. The molecule has 1 heterocycles. The molecule has 0 spiro atoms. The van der Waals surface area contributed by atoms with Gasteiger partial charge in [0, 0.05) is 16.7 Å². The molecule has 0 radical (unpaired) electrons. The summed E-state index contributed by atoms with van der Waals surface area (Å²) in [6.45, 7) is 7.66. The van der Waals surface area contributed by atoms with Gasteiger partial charge in [-0.05, 0) is 74.2 Å². The molecule has 0 saturated carbocycles. The summed E-state index contributed by atoms with van der Waals surface area (Å²) in [5, 5.41) is 1.41. The normalized spacial score (nSPS) is 11.7. The molecule has 0 atom stereocenters. The molecule has 0 aliphatic heterocycles. The lowest BCUT2D eigenvalue weighted by atomic mass is 9.76. The van der Waals surface area contributed by atoms with E-state index < -0.39 is 11.1 Å².